The number of ether oxygens (including phenoxy) is 2. The molecule has 1 aliphatic carbocycles. The van der Waals surface area contributed by atoms with Crippen LogP contribution in [0.15, 0.2) is 12.4 Å². The molecule has 2 saturated heterocycles. The molecule has 1 aromatic heterocycles. The SMILES string of the molecule is c1ncc(N2CCC3(CCOC3)C2)nc1OCC1CCCC1. The van der Waals surface area contributed by atoms with E-state index in [4.69, 9.17) is 9.47 Å². The summed E-state index contributed by atoms with van der Waals surface area (Å²) in [4.78, 5) is 11.3. The van der Waals surface area contributed by atoms with Gasteiger partial charge in [0, 0.05) is 25.1 Å². The Morgan fingerprint density at radius 3 is 3.00 bits per heavy atom. The van der Waals surface area contributed by atoms with Crippen molar-refractivity contribution >= 4 is 5.82 Å². The van der Waals surface area contributed by atoms with Gasteiger partial charge < -0.3 is 14.4 Å². The van der Waals surface area contributed by atoms with Gasteiger partial charge in [0.2, 0.25) is 5.88 Å². The van der Waals surface area contributed by atoms with E-state index >= 15 is 0 Å². The Bertz CT molecular complexity index is 510. The van der Waals surface area contributed by atoms with Crippen molar-refractivity contribution in [2.45, 2.75) is 38.5 Å². The molecular formula is C17H25N3O2. The summed E-state index contributed by atoms with van der Waals surface area (Å²) >= 11 is 0. The summed E-state index contributed by atoms with van der Waals surface area (Å²) in [5, 5.41) is 0. The zero-order valence-corrected chi connectivity index (χ0v) is 13.2. The molecule has 1 atom stereocenters. The van der Waals surface area contributed by atoms with Gasteiger partial charge in [-0.2, -0.15) is 4.98 Å². The number of anilines is 1. The van der Waals surface area contributed by atoms with Crippen LogP contribution in [0.2, 0.25) is 0 Å². The van der Waals surface area contributed by atoms with Crippen LogP contribution in [0, 0.1) is 11.3 Å². The summed E-state index contributed by atoms with van der Waals surface area (Å²) < 4.78 is 11.5. The minimum absolute atomic E-state index is 0.350. The van der Waals surface area contributed by atoms with Gasteiger partial charge >= 0.3 is 0 Å². The summed E-state index contributed by atoms with van der Waals surface area (Å²) in [7, 11) is 0. The lowest BCUT2D eigenvalue weighted by Crippen LogP contribution is -2.28. The van der Waals surface area contributed by atoms with Crippen LogP contribution in [0.5, 0.6) is 5.88 Å². The molecule has 2 aliphatic heterocycles. The van der Waals surface area contributed by atoms with Crippen molar-refractivity contribution in [3.05, 3.63) is 12.4 Å². The van der Waals surface area contributed by atoms with Crippen molar-refractivity contribution in [3.8, 4) is 5.88 Å². The third-order valence-corrected chi connectivity index (χ3v) is 5.49. The van der Waals surface area contributed by atoms with Crippen LogP contribution in [-0.2, 0) is 4.74 Å². The molecule has 22 heavy (non-hydrogen) atoms. The molecule has 0 radical (unpaired) electrons. The second kappa shape index (κ2) is 6.03. The molecule has 0 aromatic carbocycles. The Kier molecular flexibility index (Phi) is 3.90. The number of rotatable bonds is 4. The van der Waals surface area contributed by atoms with Crippen molar-refractivity contribution in [1.82, 2.24) is 9.97 Å². The summed E-state index contributed by atoms with van der Waals surface area (Å²) in [5.41, 5.74) is 0.350. The quantitative estimate of drug-likeness (QED) is 0.856. The zero-order valence-electron chi connectivity index (χ0n) is 13.2. The zero-order chi connectivity index (χ0) is 14.8. The number of hydrogen-bond donors (Lipinski definition) is 0. The minimum atomic E-state index is 0.350. The molecule has 5 nitrogen and oxygen atoms in total. The van der Waals surface area contributed by atoms with E-state index in [1.165, 1.54) is 38.5 Å². The van der Waals surface area contributed by atoms with Gasteiger partial charge in [-0.3, -0.25) is 4.98 Å². The highest BCUT2D eigenvalue weighted by Crippen LogP contribution is 2.39. The lowest BCUT2D eigenvalue weighted by Gasteiger charge is -2.22. The van der Waals surface area contributed by atoms with Crippen LogP contribution < -0.4 is 9.64 Å². The van der Waals surface area contributed by atoms with Crippen molar-refractivity contribution in [2.24, 2.45) is 11.3 Å². The molecule has 1 unspecified atom stereocenters. The molecular weight excluding hydrogens is 278 g/mol. The van der Waals surface area contributed by atoms with Crippen LogP contribution in [0.4, 0.5) is 5.82 Å². The van der Waals surface area contributed by atoms with E-state index in [1.807, 2.05) is 6.20 Å². The topological polar surface area (TPSA) is 47.5 Å². The summed E-state index contributed by atoms with van der Waals surface area (Å²) in [6.45, 7) is 4.67. The maximum Gasteiger partial charge on any atom is 0.234 e. The largest absolute Gasteiger partial charge is 0.476 e. The fraction of sp³-hybridized carbons (Fsp3) is 0.765. The van der Waals surface area contributed by atoms with Gasteiger partial charge in [-0.1, -0.05) is 12.8 Å². The third kappa shape index (κ3) is 2.91. The Morgan fingerprint density at radius 2 is 2.18 bits per heavy atom. The van der Waals surface area contributed by atoms with Crippen LogP contribution in [-0.4, -0.2) is 42.9 Å². The smallest absolute Gasteiger partial charge is 0.234 e. The average Bonchev–Trinajstić information content (AvgIpc) is 3.29. The molecule has 3 heterocycles. The van der Waals surface area contributed by atoms with Crippen molar-refractivity contribution < 1.29 is 9.47 Å². The van der Waals surface area contributed by atoms with Crippen LogP contribution >= 0.6 is 0 Å². The highest BCUT2D eigenvalue weighted by atomic mass is 16.5. The van der Waals surface area contributed by atoms with E-state index in [1.54, 1.807) is 6.20 Å². The maximum absolute atomic E-state index is 5.88. The summed E-state index contributed by atoms with van der Waals surface area (Å²) in [6.07, 6.45) is 11.2. The fourth-order valence-corrected chi connectivity index (χ4v) is 4.04. The standard InChI is InChI=1S/C17H25N3O2/c1-2-4-14(3-1)11-22-16-10-18-9-15(19-16)20-7-5-17(12-20)6-8-21-13-17/h9-10,14H,1-8,11-13H2. The summed E-state index contributed by atoms with van der Waals surface area (Å²) in [6, 6.07) is 0. The molecule has 1 spiro atoms. The highest BCUT2D eigenvalue weighted by molar-refractivity contribution is 5.39. The van der Waals surface area contributed by atoms with Gasteiger partial charge in [-0.05, 0) is 31.6 Å². The van der Waals surface area contributed by atoms with Gasteiger partial charge in [0.1, 0.15) is 0 Å². The molecule has 1 saturated carbocycles. The normalized spacial score (nSPS) is 28.8. The Morgan fingerprint density at radius 1 is 1.27 bits per heavy atom. The van der Waals surface area contributed by atoms with E-state index in [9.17, 15) is 0 Å². The second-order valence-corrected chi connectivity index (χ2v) is 7.15. The molecule has 0 bridgehead atoms. The van der Waals surface area contributed by atoms with Crippen molar-refractivity contribution in [2.75, 3.05) is 37.8 Å². The maximum atomic E-state index is 5.88. The van der Waals surface area contributed by atoms with E-state index in [0.717, 1.165) is 38.7 Å². The monoisotopic (exact) mass is 303 g/mol. The van der Waals surface area contributed by atoms with Crippen LogP contribution in [0.1, 0.15) is 38.5 Å². The van der Waals surface area contributed by atoms with Gasteiger partial charge in [-0.25, -0.2) is 0 Å². The molecule has 1 aromatic rings. The average molecular weight is 303 g/mol. The van der Waals surface area contributed by atoms with Gasteiger partial charge in [0.15, 0.2) is 5.82 Å². The lowest BCUT2D eigenvalue weighted by atomic mass is 9.87. The first-order valence-electron chi connectivity index (χ1n) is 8.61. The molecule has 5 heteroatoms. The lowest BCUT2D eigenvalue weighted by molar-refractivity contribution is 0.160. The molecule has 0 N–H and O–H groups in total. The van der Waals surface area contributed by atoms with Gasteiger partial charge in [-0.15, -0.1) is 0 Å². The Balaban J connectivity index is 1.39. The van der Waals surface area contributed by atoms with E-state index in [0.29, 0.717) is 17.2 Å². The predicted octanol–water partition coefficient (Wildman–Crippen LogP) is 2.66. The second-order valence-electron chi connectivity index (χ2n) is 7.15. The van der Waals surface area contributed by atoms with E-state index in [-0.39, 0.29) is 0 Å². The molecule has 4 rings (SSSR count). The molecule has 3 aliphatic rings. The first kappa shape index (κ1) is 14.2. The predicted molar refractivity (Wildman–Crippen MR) is 84.2 cm³/mol. The number of aromatic nitrogens is 2. The Labute approximate surface area is 132 Å². The molecule has 3 fully saturated rings. The van der Waals surface area contributed by atoms with Gasteiger partial charge in [0.05, 0.1) is 25.6 Å². The molecule has 0 amide bonds. The van der Waals surface area contributed by atoms with E-state index in [2.05, 4.69) is 14.9 Å². The molecule has 120 valence electrons. The minimum Gasteiger partial charge on any atom is -0.476 e. The van der Waals surface area contributed by atoms with Gasteiger partial charge in [0.25, 0.3) is 0 Å². The first-order chi connectivity index (χ1) is 10.8. The third-order valence-electron chi connectivity index (χ3n) is 5.49. The fourth-order valence-electron chi connectivity index (χ4n) is 4.04. The summed E-state index contributed by atoms with van der Waals surface area (Å²) in [5.74, 6) is 2.33. The first-order valence-corrected chi connectivity index (χ1v) is 8.61. The highest BCUT2D eigenvalue weighted by Gasteiger charge is 2.41. The van der Waals surface area contributed by atoms with Crippen molar-refractivity contribution in [1.29, 1.82) is 0 Å². The Hall–Kier alpha value is -1.36. The van der Waals surface area contributed by atoms with E-state index < -0.39 is 0 Å². The van der Waals surface area contributed by atoms with Crippen molar-refractivity contribution in [3.63, 3.8) is 0 Å². The van der Waals surface area contributed by atoms with Crippen LogP contribution in [0.3, 0.4) is 0 Å². The number of hydrogen-bond acceptors (Lipinski definition) is 5. The van der Waals surface area contributed by atoms with Crippen LogP contribution in [0.25, 0.3) is 0 Å². The number of nitrogens with zero attached hydrogens (tertiary/aromatic N) is 3.